The lowest BCUT2D eigenvalue weighted by molar-refractivity contribution is 0.0722. The highest BCUT2D eigenvalue weighted by Gasteiger charge is 2.26. The van der Waals surface area contributed by atoms with Crippen molar-refractivity contribution in [3.05, 3.63) is 76.2 Å². The fraction of sp³-hybridized carbons (Fsp3) is 0.320. The summed E-state index contributed by atoms with van der Waals surface area (Å²) < 4.78 is 24.8. The van der Waals surface area contributed by atoms with E-state index in [0.717, 1.165) is 18.5 Å². The first-order chi connectivity index (χ1) is 16.0. The van der Waals surface area contributed by atoms with Crippen molar-refractivity contribution in [3.63, 3.8) is 0 Å². The number of halogens is 1. The summed E-state index contributed by atoms with van der Waals surface area (Å²) in [7, 11) is 0. The van der Waals surface area contributed by atoms with Crippen LogP contribution in [0.15, 0.2) is 60.0 Å². The molecule has 2 N–H and O–H groups in total. The molecule has 174 valence electrons. The number of aliphatic hydroxyl groups is 1. The van der Waals surface area contributed by atoms with Crippen LogP contribution in [0, 0.1) is 12.7 Å². The second kappa shape index (κ2) is 10.8. The maximum atomic E-state index is 13.1. The van der Waals surface area contributed by atoms with Crippen LogP contribution in [0.25, 0.3) is 0 Å². The number of benzene rings is 2. The zero-order chi connectivity index (χ0) is 23.2. The first kappa shape index (κ1) is 23.2. The van der Waals surface area contributed by atoms with E-state index >= 15 is 0 Å². The van der Waals surface area contributed by atoms with E-state index in [0.29, 0.717) is 35.2 Å². The maximum absolute atomic E-state index is 13.1. The number of aryl methyl sites for hydroxylation is 1. The van der Waals surface area contributed by atoms with Gasteiger partial charge in [-0.05, 0) is 66.8 Å². The van der Waals surface area contributed by atoms with Gasteiger partial charge >= 0.3 is 0 Å². The number of likely N-dealkylation sites (tertiary alicyclic amines) is 1. The molecular formula is C25H27FN2O4S. The van der Waals surface area contributed by atoms with E-state index in [1.165, 1.54) is 23.5 Å². The second-order valence-corrected chi connectivity index (χ2v) is 9.09. The average Bonchev–Trinajstić information content (AvgIpc) is 3.48. The van der Waals surface area contributed by atoms with Crippen molar-refractivity contribution < 1.29 is 23.8 Å². The van der Waals surface area contributed by atoms with Crippen molar-refractivity contribution in [1.29, 1.82) is 0 Å². The molecule has 6 nitrogen and oxygen atoms in total. The molecule has 1 amide bonds. The highest BCUT2D eigenvalue weighted by atomic mass is 32.1. The third-order valence-corrected chi connectivity index (χ3v) is 6.24. The minimum atomic E-state index is -0.698. The minimum Gasteiger partial charge on any atom is -0.489 e. The summed E-state index contributed by atoms with van der Waals surface area (Å²) in [6, 6.07) is 15.2. The summed E-state index contributed by atoms with van der Waals surface area (Å²) in [5.74, 6) is 0.687. The number of aliphatic hydroxyl groups excluding tert-OH is 1. The number of hydrogen-bond donors (Lipinski definition) is 2. The van der Waals surface area contributed by atoms with Gasteiger partial charge in [-0.1, -0.05) is 12.1 Å². The molecule has 0 spiro atoms. The van der Waals surface area contributed by atoms with Crippen LogP contribution in [0.5, 0.6) is 11.5 Å². The Hall–Kier alpha value is -2.94. The number of β-amino-alcohol motifs (C(OH)–C–C–N with tert-alkyl or cyclic N) is 1. The third kappa shape index (κ3) is 6.54. The summed E-state index contributed by atoms with van der Waals surface area (Å²) in [6.07, 6.45) is 0.136. The number of rotatable bonds is 9. The number of hydrogen-bond acceptors (Lipinski definition) is 6. The van der Waals surface area contributed by atoms with Crippen molar-refractivity contribution in [3.8, 4) is 11.5 Å². The van der Waals surface area contributed by atoms with Crippen molar-refractivity contribution in [2.75, 3.05) is 31.6 Å². The molecule has 8 heteroatoms. The molecule has 2 atom stereocenters. The predicted octanol–water partition coefficient (Wildman–Crippen LogP) is 4.34. The average molecular weight is 471 g/mol. The van der Waals surface area contributed by atoms with Crippen molar-refractivity contribution in [1.82, 2.24) is 4.90 Å². The third-order valence-electron chi connectivity index (χ3n) is 5.38. The number of thiophene rings is 1. The minimum absolute atomic E-state index is 0.000538. The standard InChI is InChI=1S/C25H27FN2O4S/c1-17-4-9-22(27-25(30)24-3-2-12-33-24)23(13-17)31-16-19(29)14-28-11-10-21(15-28)32-20-7-5-18(26)6-8-20/h2-9,12-13,19,21,29H,10-11,14-16H2,1H3,(H,27,30). The molecular weight excluding hydrogens is 443 g/mol. The molecule has 0 saturated carbocycles. The van der Waals surface area contributed by atoms with Crippen LogP contribution in [0.3, 0.4) is 0 Å². The van der Waals surface area contributed by atoms with Crippen molar-refractivity contribution in [2.45, 2.75) is 25.6 Å². The van der Waals surface area contributed by atoms with Crippen LogP contribution in [0.2, 0.25) is 0 Å². The molecule has 0 bridgehead atoms. The van der Waals surface area contributed by atoms with Crippen LogP contribution in [0.1, 0.15) is 21.7 Å². The summed E-state index contributed by atoms with van der Waals surface area (Å²) >= 11 is 1.37. The predicted molar refractivity (Wildman–Crippen MR) is 127 cm³/mol. The van der Waals surface area contributed by atoms with Gasteiger partial charge in [-0.15, -0.1) is 11.3 Å². The molecule has 2 aromatic carbocycles. The summed E-state index contributed by atoms with van der Waals surface area (Å²) in [5, 5.41) is 15.3. The zero-order valence-electron chi connectivity index (χ0n) is 18.4. The van der Waals surface area contributed by atoms with Gasteiger partial charge in [0.25, 0.3) is 5.91 Å². The molecule has 2 heterocycles. The summed E-state index contributed by atoms with van der Waals surface area (Å²) in [6.45, 7) is 3.98. The van der Waals surface area contributed by atoms with Gasteiger partial charge in [0.1, 0.15) is 36.1 Å². The maximum Gasteiger partial charge on any atom is 0.265 e. The highest BCUT2D eigenvalue weighted by molar-refractivity contribution is 7.12. The van der Waals surface area contributed by atoms with Gasteiger partial charge in [-0.25, -0.2) is 4.39 Å². The molecule has 1 aromatic heterocycles. The number of ether oxygens (including phenoxy) is 2. The van der Waals surface area contributed by atoms with E-state index < -0.39 is 6.10 Å². The number of nitrogens with one attached hydrogen (secondary N) is 1. The highest BCUT2D eigenvalue weighted by Crippen LogP contribution is 2.27. The van der Waals surface area contributed by atoms with Crippen LogP contribution in [-0.4, -0.2) is 54.4 Å². The zero-order valence-corrected chi connectivity index (χ0v) is 19.2. The lowest BCUT2D eigenvalue weighted by atomic mass is 10.2. The molecule has 1 aliphatic heterocycles. The molecule has 3 aromatic rings. The monoisotopic (exact) mass is 470 g/mol. The summed E-state index contributed by atoms with van der Waals surface area (Å²) in [4.78, 5) is 15.2. The largest absolute Gasteiger partial charge is 0.489 e. The van der Waals surface area contributed by atoms with E-state index in [4.69, 9.17) is 9.47 Å². The number of amides is 1. The number of carbonyl (C=O) groups excluding carboxylic acids is 1. The van der Waals surface area contributed by atoms with Crippen LogP contribution < -0.4 is 14.8 Å². The first-order valence-corrected chi connectivity index (χ1v) is 11.7. The Balaban J connectivity index is 1.27. The topological polar surface area (TPSA) is 71.0 Å². The Kier molecular flexibility index (Phi) is 7.59. The van der Waals surface area contributed by atoms with Crippen molar-refractivity contribution >= 4 is 22.9 Å². The van der Waals surface area contributed by atoms with E-state index in [1.54, 1.807) is 24.3 Å². The Labute approximate surface area is 196 Å². The second-order valence-electron chi connectivity index (χ2n) is 8.14. The van der Waals surface area contributed by atoms with Gasteiger partial charge in [-0.2, -0.15) is 0 Å². The molecule has 0 aliphatic carbocycles. The number of anilines is 1. The molecule has 1 fully saturated rings. The van der Waals surface area contributed by atoms with Gasteiger partial charge in [0.15, 0.2) is 0 Å². The molecule has 0 radical (unpaired) electrons. The number of carbonyl (C=O) groups is 1. The van der Waals surface area contributed by atoms with Gasteiger partial charge in [-0.3, -0.25) is 9.69 Å². The Morgan fingerprint density at radius 2 is 2.09 bits per heavy atom. The fourth-order valence-corrected chi connectivity index (χ4v) is 4.36. The lowest BCUT2D eigenvalue weighted by Gasteiger charge is -2.21. The molecule has 1 aliphatic rings. The van der Waals surface area contributed by atoms with Gasteiger partial charge in [0.2, 0.25) is 0 Å². The Morgan fingerprint density at radius 3 is 2.85 bits per heavy atom. The first-order valence-electron chi connectivity index (χ1n) is 10.9. The smallest absolute Gasteiger partial charge is 0.265 e. The Morgan fingerprint density at radius 1 is 1.27 bits per heavy atom. The SMILES string of the molecule is Cc1ccc(NC(=O)c2cccs2)c(OCC(O)CN2CCC(Oc3ccc(F)cc3)C2)c1. The molecule has 2 unspecified atom stereocenters. The van der Waals surface area contributed by atoms with Crippen LogP contribution in [-0.2, 0) is 0 Å². The van der Waals surface area contributed by atoms with E-state index in [2.05, 4.69) is 10.2 Å². The van der Waals surface area contributed by atoms with Crippen molar-refractivity contribution in [2.24, 2.45) is 0 Å². The van der Waals surface area contributed by atoms with E-state index in [-0.39, 0.29) is 24.4 Å². The van der Waals surface area contributed by atoms with Gasteiger partial charge in [0, 0.05) is 19.6 Å². The molecule has 1 saturated heterocycles. The quantitative estimate of drug-likeness (QED) is 0.487. The lowest BCUT2D eigenvalue weighted by Crippen LogP contribution is -2.35. The molecule has 33 heavy (non-hydrogen) atoms. The normalized spacial score (nSPS) is 17.0. The number of nitrogens with zero attached hydrogens (tertiary/aromatic N) is 1. The summed E-state index contributed by atoms with van der Waals surface area (Å²) in [5.41, 5.74) is 1.56. The fourth-order valence-electron chi connectivity index (χ4n) is 3.75. The van der Waals surface area contributed by atoms with Crippen LogP contribution in [0.4, 0.5) is 10.1 Å². The van der Waals surface area contributed by atoms with Gasteiger partial charge in [0.05, 0.1) is 10.6 Å². The Bertz CT molecular complexity index is 1060. The molecule has 4 rings (SSSR count). The van der Waals surface area contributed by atoms with Gasteiger partial charge < -0.3 is 19.9 Å². The van der Waals surface area contributed by atoms with E-state index in [9.17, 15) is 14.3 Å². The van der Waals surface area contributed by atoms with Crippen LogP contribution >= 0.6 is 11.3 Å². The van der Waals surface area contributed by atoms with E-state index in [1.807, 2.05) is 30.5 Å².